The van der Waals surface area contributed by atoms with Crippen LogP contribution in [-0.2, 0) is 5.41 Å². The lowest BCUT2D eigenvalue weighted by atomic mass is 9.96. The van der Waals surface area contributed by atoms with Gasteiger partial charge in [-0.2, -0.15) is 0 Å². The van der Waals surface area contributed by atoms with Gasteiger partial charge in [-0.1, -0.05) is 31.2 Å². The van der Waals surface area contributed by atoms with Crippen LogP contribution in [0.15, 0.2) is 36.7 Å². The van der Waals surface area contributed by atoms with E-state index in [1.807, 2.05) is 0 Å². The van der Waals surface area contributed by atoms with Gasteiger partial charge < -0.3 is 5.73 Å². The van der Waals surface area contributed by atoms with Crippen molar-refractivity contribution in [3.05, 3.63) is 42.2 Å². The summed E-state index contributed by atoms with van der Waals surface area (Å²) in [5.74, 6) is 0.316. The lowest BCUT2D eigenvalue weighted by molar-refractivity contribution is 0.788. The van der Waals surface area contributed by atoms with Crippen LogP contribution in [0.3, 0.4) is 0 Å². The van der Waals surface area contributed by atoms with E-state index in [1.54, 1.807) is 12.4 Å². The summed E-state index contributed by atoms with van der Waals surface area (Å²) in [5.41, 5.74) is 9.47. The molecule has 0 atom stereocenters. The largest absolute Gasteiger partial charge is 0.368 e. The highest BCUT2D eigenvalue weighted by molar-refractivity contribution is 5.62. The number of nitrogens with zero attached hydrogens (tertiary/aromatic N) is 2. The summed E-state index contributed by atoms with van der Waals surface area (Å²) in [6.45, 7) is 2.31. The number of nitrogens with two attached hydrogens (primary N) is 1. The summed E-state index contributed by atoms with van der Waals surface area (Å²) < 4.78 is 0. The number of hydrogen-bond donors (Lipinski definition) is 1. The van der Waals surface area contributed by atoms with Crippen molar-refractivity contribution >= 4 is 5.95 Å². The van der Waals surface area contributed by atoms with Crippen LogP contribution in [0.2, 0.25) is 0 Å². The van der Waals surface area contributed by atoms with Gasteiger partial charge in [-0.25, -0.2) is 9.97 Å². The quantitative estimate of drug-likeness (QED) is 0.855. The van der Waals surface area contributed by atoms with Crippen molar-refractivity contribution in [1.82, 2.24) is 9.97 Å². The fraction of sp³-hybridized carbons (Fsp3) is 0.286. The lowest BCUT2D eigenvalue weighted by Gasteiger charge is -2.09. The molecular formula is C14H15N3. The molecule has 0 spiro atoms. The maximum Gasteiger partial charge on any atom is 0.219 e. The van der Waals surface area contributed by atoms with Crippen LogP contribution in [0.25, 0.3) is 11.1 Å². The average Bonchev–Trinajstić information content (AvgIpc) is 3.10. The van der Waals surface area contributed by atoms with E-state index < -0.39 is 0 Å². The van der Waals surface area contributed by atoms with E-state index in [4.69, 9.17) is 5.73 Å². The minimum Gasteiger partial charge on any atom is -0.368 e. The Balaban J connectivity index is 1.91. The third-order valence-electron chi connectivity index (χ3n) is 3.59. The molecule has 2 aromatic rings. The second kappa shape index (κ2) is 3.55. The number of hydrogen-bond acceptors (Lipinski definition) is 3. The van der Waals surface area contributed by atoms with Crippen molar-refractivity contribution in [3.63, 3.8) is 0 Å². The van der Waals surface area contributed by atoms with Crippen LogP contribution in [0, 0.1) is 0 Å². The van der Waals surface area contributed by atoms with Gasteiger partial charge in [0.2, 0.25) is 5.95 Å². The maximum absolute atomic E-state index is 5.47. The van der Waals surface area contributed by atoms with Crippen LogP contribution in [0.5, 0.6) is 0 Å². The van der Waals surface area contributed by atoms with E-state index in [2.05, 4.69) is 41.2 Å². The summed E-state index contributed by atoms with van der Waals surface area (Å²) in [7, 11) is 0. The highest BCUT2D eigenvalue weighted by Gasteiger charge is 2.38. The molecule has 17 heavy (non-hydrogen) atoms. The molecule has 1 saturated carbocycles. The van der Waals surface area contributed by atoms with E-state index in [-0.39, 0.29) is 0 Å². The summed E-state index contributed by atoms with van der Waals surface area (Å²) >= 11 is 0. The molecule has 1 fully saturated rings. The van der Waals surface area contributed by atoms with Gasteiger partial charge in [0, 0.05) is 18.0 Å². The zero-order chi connectivity index (χ0) is 11.9. The van der Waals surface area contributed by atoms with Gasteiger partial charge in [0.25, 0.3) is 0 Å². The van der Waals surface area contributed by atoms with Crippen molar-refractivity contribution < 1.29 is 0 Å². The molecule has 1 aromatic heterocycles. The molecule has 1 aliphatic carbocycles. The van der Waals surface area contributed by atoms with E-state index in [1.165, 1.54) is 18.4 Å². The Morgan fingerprint density at radius 1 is 1.00 bits per heavy atom. The number of benzene rings is 1. The molecule has 86 valence electrons. The van der Waals surface area contributed by atoms with Crippen molar-refractivity contribution in [2.45, 2.75) is 25.2 Å². The topological polar surface area (TPSA) is 51.8 Å². The highest BCUT2D eigenvalue weighted by atomic mass is 15.0. The van der Waals surface area contributed by atoms with Crippen LogP contribution >= 0.6 is 0 Å². The second-order valence-corrected chi connectivity index (χ2v) is 4.97. The monoisotopic (exact) mass is 225 g/mol. The number of rotatable bonds is 2. The zero-order valence-corrected chi connectivity index (χ0v) is 9.85. The van der Waals surface area contributed by atoms with Gasteiger partial charge in [-0.15, -0.1) is 0 Å². The smallest absolute Gasteiger partial charge is 0.219 e. The Morgan fingerprint density at radius 3 is 2.12 bits per heavy atom. The minimum absolute atomic E-state index is 0.316. The Bertz CT molecular complexity index is 524. The summed E-state index contributed by atoms with van der Waals surface area (Å²) in [6.07, 6.45) is 6.13. The van der Waals surface area contributed by atoms with Crippen LogP contribution in [0.4, 0.5) is 5.95 Å². The first kappa shape index (κ1) is 10.3. The molecule has 3 nitrogen and oxygen atoms in total. The van der Waals surface area contributed by atoms with Gasteiger partial charge in [0.15, 0.2) is 0 Å². The minimum atomic E-state index is 0.316. The van der Waals surface area contributed by atoms with E-state index in [9.17, 15) is 0 Å². The SMILES string of the molecule is CC1(c2ccc(-c3cnc(N)nc3)cc2)CC1. The van der Waals surface area contributed by atoms with Crippen LogP contribution in [-0.4, -0.2) is 9.97 Å². The molecule has 0 unspecified atom stereocenters. The van der Waals surface area contributed by atoms with Crippen LogP contribution in [0.1, 0.15) is 25.3 Å². The first-order valence-corrected chi connectivity index (χ1v) is 5.86. The molecule has 0 bridgehead atoms. The number of anilines is 1. The third-order valence-corrected chi connectivity index (χ3v) is 3.59. The Hall–Kier alpha value is -1.90. The average molecular weight is 225 g/mol. The molecular weight excluding hydrogens is 210 g/mol. The second-order valence-electron chi connectivity index (χ2n) is 4.97. The first-order valence-electron chi connectivity index (χ1n) is 5.86. The van der Waals surface area contributed by atoms with E-state index in [0.717, 1.165) is 11.1 Å². The van der Waals surface area contributed by atoms with Gasteiger partial charge in [0.1, 0.15) is 0 Å². The molecule has 3 rings (SSSR count). The van der Waals surface area contributed by atoms with Crippen molar-refractivity contribution in [1.29, 1.82) is 0 Å². The summed E-state index contributed by atoms with van der Waals surface area (Å²) in [4.78, 5) is 8.01. The fourth-order valence-corrected chi connectivity index (χ4v) is 2.03. The fourth-order valence-electron chi connectivity index (χ4n) is 2.03. The van der Waals surface area contributed by atoms with Gasteiger partial charge in [0.05, 0.1) is 0 Å². The van der Waals surface area contributed by atoms with Crippen molar-refractivity contribution in [3.8, 4) is 11.1 Å². The zero-order valence-electron chi connectivity index (χ0n) is 9.85. The Kier molecular flexibility index (Phi) is 2.15. The van der Waals surface area contributed by atoms with Crippen molar-refractivity contribution in [2.24, 2.45) is 0 Å². The standard InChI is InChI=1S/C14H15N3/c1-14(6-7-14)12-4-2-10(3-5-12)11-8-16-13(15)17-9-11/h2-5,8-9H,6-7H2,1H3,(H2,15,16,17). The summed E-state index contributed by atoms with van der Waals surface area (Å²) in [6, 6.07) is 8.68. The molecule has 1 aromatic carbocycles. The summed E-state index contributed by atoms with van der Waals surface area (Å²) in [5, 5.41) is 0. The predicted molar refractivity (Wildman–Crippen MR) is 68.5 cm³/mol. The molecule has 0 radical (unpaired) electrons. The normalized spacial score (nSPS) is 16.8. The maximum atomic E-state index is 5.47. The molecule has 1 aliphatic rings. The van der Waals surface area contributed by atoms with Gasteiger partial charge in [-0.05, 0) is 29.4 Å². The third kappa shape index (κ3) is 1.88. The number of nitrogen functional groups attached to an aromatic ring is 1. The Labute approximate surface area is 101 Å². The van der Waals surface area contributed by atoms with E-state index >= 15 is 0 Å². The molecule has 0 aliphatic heterocycles. The molecule has 0 saturated heterocycles. The first-order chi connectivity index (χ1) is 8.17. The lowest BCUT2D eigenvalue weighted by Crippen LogP contribution is -1.98. The van der Waals surface area contributed by atoms with E-state index in [0.29, 0.717) is 11.4 Å². The molecule has 2 N–H and O–H groups in total. The predicted octanol–water partition coefficient (Wildman–Crippen LogP) is 2.78. The van der Waals surface area contributed by atoms with Gasteiger partial charge in [-0.3, -0.25) is 0 Å². The number of aromatic nitrogens is 2. The van der Waals surface area contributed by atoms with Crippen LogP contribution < -0.4 is 5.73 Å². The Morgan fingerprint density at radius 2 is 1.59 bits per heavy atom. The molecule has 3 heteroatoms. The molecule has 0 amide bonds. The highest BCUT2D eigenvalue weighted by Crippen LogP contribution is 2.47. The van der Waals surface area contributed by atoms with Gasteiger partial charge >= 0.3 is 0 Å². The van der Waals surface area contributed by atoms with Crippen molar-refractivity contribution in [2.75, 3.05) is 5.73 Å². The molecule has 1 heterocycles.